The maximum atomic E-state index is 12.3. The Labute approximate surface area is 212 Å². The normalized spacial score (nSPS) is 14.3. The molecule has 4 rings (SSSR count). The molecule has 0 saturated carbocycles. The Bertz CT molecular complexity index is 1510. The van der Waals surface area contributed by atoms with Gasteiger partial charge in [-0.15, -0.1) is 5.10 Å². The second-order valence-electron chi connectivity index (χ2n) is 7.72. The molecule has 1 atom stereocenters. The van der Waals surface area contributed by atoms with Crippen LogP contribution in [-0.4, -0.2) is 38.7 Å². The molecule has 15 nitrogen and oxygen atoms in total. The first-order valence-corrected chi connectivity index (χ1v) is 10.7. The average Bonchev–Trinajstić information content (AvgIpc) is 3.35. The standard InChI is InChI=1S/C23H17N5O10/c1-13(29)25-23(38-22(24-25)14-4-3-5-16(10-14)26(30)31)15-6-8-20(21(11-15)36-2)37-19-9-7-17(27(32)33)12-18(19)28(34)35/h3-12,23H,1-2H3/t23-/m0/s1. The fourth-order valence-electron chi connectivity index (χ4n) is 3.54. The van der Waals surface area contributed by atoms with E-state index >= 15 is 0 Å². The van der Waals surface area contributed by atoms with E-state index in [-0.39, 0.29) is 34.4 Å². The molecule has 0 radical (unpaired) electrons. The minimum Gasteiger partial charge on any atom is -0.493 e. The minimum atomic E-state index is -1.06. The van der Waals surface area contributed by atoms with E-state index in [9.17, 15) is 35.1 Å². The molecule has 0 fully saturated rings. The van der Waals surface area contributed by atoms with Crippen molar-refractivity contribution in [2.75, 3.05) is 7.11 Å². The van der Waals surface area contributed by atoms with E-state index in [0.717, 1.165) is 23.2 Å². The summed E-state index contributed by atoms with van der Waals surface area (Å²) in [5, 5.41) is 38.8. The van der Waals surface area contributed by atoms with E-state index in [1.165, 1.54) is 50.4 Å². The lowest BCUT2D eigenvalue weighted by molar-refractivity contribution is -0.394. The highest BCUT2D eigenvalue weighted by Gasteiger charge is 2.34. The first-order valence-electron chi connectivity index (χ1n) is 10.7. The molecule has 0 aromatic heterocycles. The van der Waals surface area contributed by atoms with Crippen LogP contribution in [0.25, 0.3) is 0 Å². The molecular weight excluding hydrogens is 506 g/mol. The molecule has 1 aliphatic heterocycles. The number of rotatable bonds is 8. The van der Waals surface area contributed by atoms with E-state index in [4.69, 9.17) is 14.2 Å². The topological polar surface area (TPSA) is 190 Å². The van der Waals surface area contributed by atoms with Gasteiger partial charge in [-0.1, -0.05) is 6.07 Å². The van der Waals surface area contributed by atoms with Crippen LogP contribution >= 0.6 is 0 Å². The van der Waals surface area contributed by atoms with Crippen LogP contribution < -0.4 is 9.47 Å². The molecule has 0 spiro atoms. The van der Waals surface area contributed by atoms with Gasteiger partial charge in [0.05, 0.1) is 27.9 Å². The Morgan fingerprint density at radius 1 is 0.895 bits per heavy atom. The summed E-state index contributed by atoms with van der Waals surface area (Å²) >= 11 is 0. The van der Waals surface area contributed by atoms with E-state index < -0.39 is 38.3 Å². The first-order chi connectivity index (χ1) is 18.1. The monoisotopic (exact) mass is 523 g/mol. The summed E-state index contributed by atoms with van der Waals surface area (Å²) in [6.45, 7) is 1.26. The number of ether oxygens (including phenoxy) is 3. The Kier molecular flexibility index (Phi) is 6.83. The van der Waals surface area contributed by atoms with Crippen LogP contribution in [0.15, 0.2) is 65.8 Å². The highest BCUT2D eigenvalue weighted by molar-refractivity contribution is 5.96. The van der Waals surface area contributed by atoms with Crippen molar-refractivity contribution in [2.45, 2.75) is 13.2 Å². The first kappa shape index (κ1) is 25.5. The minimum absolute atomic E-state index is 0.0188. The van der Waals surface area contributed by atoms with Gasteiger partial charge >= 0.3 is 5.69 Å². The molecule has 3 aromatic carbocycles. The molecule has 0 unspecified atom stereocenters. The highest BCUT2D eigenvalue weighted by atomic mass is 16.6. The molecule has 15 heteroatoms. The molecule has 0 bridgehead atoms. The van der Waals surface area contributed by atoms with Gasteiger partial charge < -0.3 is 14.2 Å². The second-order valence-corrected chi connectivity index (χ2v) is 7.72. The summed E-state index contributed by atoms with van der Waals surface area (Å²) in [5.74, 6) is -0.609. The molecule has 0 aliphatic carbocycles. The van der Waals surface area contributed by atoms with E-state index in [1.807, 2.05) is 0 Å². The number of hydrazone groups is 1. The fraction of sp³-hybridized carbons (Fsp3) is 0.130. The van der Waals surface area contributed by atoms with Crippen molar-refractivity contribution < 1.29 is 33.8 Å². The molecule has 0 N–H and O–H groups in total. The Morgan fingerprint density at radius 2 is 1.58 bits per heavy atom. The summed E-state index contributed by atoms with van der Waals surface area (Å²) in [6, 6.07) is 12.9. The van der Waals surface area contributed by atoms with Crippen molar-refractivity contribution in [1.82, 2.24) is 5.01 Å². The van der Waals surface area contributed by atoms with Crippen LogP contribution in [-0.2, 0) is 9.53 Å². The van der Waals surface area contributed by atoms with Gasteiger partial charge in [0.2, 0.25) is 23.8 Å². The SMILES string of the molecule is COc1cc([C@@H]2OC(c3cccc([N+](=O)[O-])c3)=NN2C(C)=O)ccc1Oc1ccc([N+](=O)[O-])cc1[N+](=O)[O-]. The third kappa shape index (κ3) is 5.01. The molecule has 1 aliphatic rings. The summed E-state index contributed by atoms with van der Waals surface area (Å²) < 4.78 is 16.9. The van der Waals surface area contributed by atoms with Gasteiger partial charge in [-0.3, -0.25) is 35.1 Å². The van der Waals surface area contributed by atoms with Crippen LogP contribution in [0.3, 0.4) is 0 Å². The number of methoxy groups -OCH3 is 1. The van der Waals surface area contributed by atoms with Crippen molar-refractivity contribution in [1.29, 1.82) is 0 Å². The van der Waals surface area contributed by atoms with Gasteiger partial charge in [-0.2, -0.15) is 5.01 Å². The largest absolute Gasteiger partial charge is 0.493 e. The zero-order valence-corrected chi connectivity index (χ0v) is 19.7. The Morgan fingerprint density at radius 3 is 2.21 bits per heavy atom. The van der Waals surface area contributed by atoms with Gasteiger partial charge in [0.15, 0.2) is 11.5 Å². The predicted molar refractivity (Wildman–Crippen MR) is 129 cm³/mol. The van der Waals surface area contributed by atoms with E-state index in [1.54, 1.807) is 6.07 Å². The zero-order valence-electron chi connectivity index (χ0n) is 19.7. The van der Waals surface area contributed by atoms with Gasteiger partial charge in [-0.05, 0) is 30.3 Å². The van der Waals surface area contributed by atoms with Crippen molar-refractivity contribution in [3.8, 4) is 17.2 Å². The lowest BCUT2D eigenvalue weighted by Crippen LogP contribution is -2.25. The van der Waals surface area contributed by atoms with Gasteiger partial charge in [0.25, 0.3) is 11.4 Å². The summed E-state index contributed by atoms with van der Waals surface area (Å²) in [4.78, 5) is 43.7. The summed E-state index contributed by atoms with van der Waals surface area (Å²) in [5.41, 5.74) is -0.622. The smallest absolute Gasteiger partial charge is 0.318 e. The van der Waals surface area contributed by atoms with Crippen molar-refractivity contribution in [2.24, 2.45) is 5.10 Å². The van der Waals surface area contributed by atoms with Crippen LogP contribution in [0.4, 0.5) is 17.1 Å². The lowest BCUT2D eigenvalue weighted by atomic mass is 10.1. The fourth-order valence-corrected chi connectivity index (χ4v) is 3.54. The Hall–Kier alpha value is -5.60. The molecule has 38 heavy (non-hydrogen) atoms. The van der Waals surface area contributed by atoms with Crippen molar-refractivity contribution in [3.63, 3.8) is 0 Å². The molecule has 3 aromatic rings. The van der Waals surface area contributed by atoms with Crippen LogP contribution in [0.2, 0.25) is 0 Å². The number of carbonyl (C=O) groups is 1. The number of nitro groups is 3. The lowest BCUT2D eigenvalue weighted by Gasteiger charge is -2.20. The van der Waals surface area contributed by atoms with Crippen LogP contribution in [0, 0.1) is 30.3 Å². The number of hydrogen-bond donors (Lipinski definition) is 0. The number of benzene rings is 3. The second kappa shape index (κ2) is 10.2. The third-order valence-electron chi connectivity index (χ3n) is 5.31. The van der Waals surface area contributed by atoms with Crippen molar-refractivity contribution >= 4 is 28.9 Å². The number of carbonyl (C=O) groups excluding carboxylic acids is 1. The van der Waals surface area contributed by atoms with Gasteiger partial charge in [-0.25, -0.2) is 0 Å². The molecule has 194 valence electrons. The summed E-state index contributed by atoms with van der Waals surface area (Å²) in [7, 11) is 1.32. The number of non-ortho nitro benzene ring substituents is 2. The zero-order chi connectivity index (χ0) is 27.6. The number of nitrogens with zero attached hydrogens (tertiary/aromatic N) is 5. The molecular formula is C23H17N5O10. The molecule has 0 saturated heterocycles. The van der Waals surface area contributed by atoms with E-state index in [0.29, 0.717) is 5.56 Å². The number of amides is 1. The van der Waals surface area contributed by atoms with E-state index in [2.05, 4.69) is 5.10 Å². The van der Waals surface area contributed by atoms with Crippen LogP contribution in [0.1, 0.15) is 24.3 Å². The number of nitro benzene ring substituents is 3. The predicted octanol–water partition coefficient (Wildman–Crippen LogP) is 4.45. The average molecular weight is 523 g/mol. The maximum Gasteiger partial charge on any atom is 0.318 e. The summed E-state index contributed by atoms with van der Waals surface area (Å²) in [6.07, 6.45) is -1.06. The highest BCUT2D eigenvalue weighted by Crippen LogP contribution is 2.40. The Balaban J connectivity index is 1.65. The number of hydrogen-bond acceptors (Lipinski definition) is 11. The van der Waals surface area contributed by atoms with Crippen molar-refractivity contribution in [3.05, 3.63) is 102 Å². The van der Waals surface area contributed by atoms with Gasteiger partial charge in [0.1, 0.15) is 0 Å². The van der Waals surface area contributed by atoms with Gasteiger partial charge in [0, 0.05) is 36.2 Å². The quantitative estimate of drug-likeness (QED) is 0.301. The van der Waals surface area contributed by atoms with Crippen LogP contribution in [0.5, 0.6) is 17.2 Å². The molecule has 1 heterocycles. The third-order valence-corrected chi connectivity index (χ3v) is 5.31. The maximum absolute atomic E-state index is 12.3. The molecule has 1 amide bonds.